The molecule has 0 aliphatic heterocycles. The summed E-state index contributed by atoms with van der Waals surface area (Å²) in [5.41, 5.74) is 3.46. The summed E-state index contributed by atoms with van der Waals surface area (Å²) in [5.74, 6) is -0.466. The number of hydrogen-bond acceptors (Lipinski definition) is 4. The number of benzene rings is 2. The summed E-state index contributed by atoms with van der Waals surface area (Å²) in [7, 11) is 0. The van der Waals surface area contributed by atoms with Gasteiger partial charge >= 0.3 is 0 Å². The molecule has 170 valence electrons. The molecule has 2 amide bonds. The lowest BCUT2D eigenvalue weighted by Gasteiger charge is -2.14. The summed E-state index contributed by atoms with van der Waals surface area (Å²) in [6.07, 6.45) is 0.421. The van der Waals surface area contributed by atoms with Crippen LogP contribution in [-0.2, 0) is 11.3 Å². The van der Waals surface area contributed by atoms with E-state index in [1.54, 1.807) is 19.1 Å². The van der Waals surface area contributed by atoms with Gasteiger partial charge in [0.05, 0.1) is 23.2 Å². The Morgan fingerprint density at radius 2 is 1.82 bits per heavy atom. The number of thiophene rings is 1. The maximum Gasteiger partial charge on any atom is 0.261 e. The lowest BCUT2D eigenvalue weighted by molar-refractivity contribution is -0.115. The zero-order valence-electron chi connectivity index (χ0n) is 18.7. The molecule has 4 aromatic rings. The number of anilines is 1. The Morgan fingerprint density at radius 3 is 2.48 bits per heavy atom. The molecule has 1 atom stereocenters. The maximum absolute atomic E-state index is 13.2. The standard InChI is InChI=1S/C25H25FN4O2S/c1-4-23(31)28-20-11-7-18(8-12-20)15(2)27-24(32)22-13-21-16(3)29-30(25(21)33-22)14-17-5-9-19(26)10-6-17/h5-13,15H,4,14H2,1-3H3,(H,27,32)(H,28,31). The van der Waals surface area contributed by atoms with Crippen LogP contribution in [0.3, 0.4) is 0 Å². The van der Waals surface area contributed by atoms with Crippen molar-refractivity contribution >= 4 is 39.1 Å². The molecule has 0 bridgehead atoms. The van der Waals surface area contributed by atoms with Crippen LogP contribution in [0.15, 0.2) is 54.6 Å². The van der Waals surface area contributed by atoms with Crippen molar-refractivity contribution in [2.45, 2.75) is 39.8 Å². The summed E-state index contributed by atoms with van der Waals surface area (Å²) in [5, 5.41) is 11.4. The molecule has 2 aromatic heterocycles. The third-order valence-corrected chi connectivity index (χ3v) is 6.59. The number of nitrogens with one attached hydrogen (secondary N) is 2. The van der Waals surface area contributed by atoms with Crippen LogP contribution in [-0.4, -0.2) is 21.6 Å². The van der Waals surface area contributed by atoms with Gasteiger partial charge in [-0.1, -0.05) is 31.2 Å². The average molecular weight is 465 g/mol. The molecule has 33 heavy (non-hydrogen) atoms. The van der Waals surface area contributed by atoms with Crippen molar-refractivity contribution in [1.82, 2.24) is 15.1 Å². The first-order chi connectivity index (χ1) is 15.8. The molecular formula is C25H25FN4O2S. The number of aryl methyl sites for hydroxylation is 1. The van der Waals surface area contributed by atoms with Gasteiger partial charge in [0.25, 0.3) is 5.91 Å². The Labute approximate surface area is 195 Å². The van der Waals surface area contributed by atoms with Gasteiger partial charge in [0.1, 0.15) is 10.6 Å². The number of amides is 2. The first-order valence-electron chi connectivity index (χ1n) is 10.8. The van der Waals surface area contributed by atoms with Gasteiger partial charge in [0, 0.05) is 17.5 Å². The molecule has 0 saturated heterocycles. The number of hydrogen-bond donors (Lipinski definition) is 2. The van der Waals surface area contributed by atoms with Gasteiger partial charge in [-0.25, -0.2) is 4.39 Å². The number of aromatic nitrogens is 2. The largest absolute Gasteiger partial charge is 0.345 e. The van der Waals surface area contributed by atoms with Crippen LogP contribution < -0.4 is 10.6 Å². The molecule has 2 N–H and O–H groups in total. The second-order valence-corrected chi connectivity index (χ2v) is 8.95. The van der Waals surface area contributed by atoms with Crippen molar-refractivity contribution in [2.75, 3.05) is 5.32 Å². The first kappa shape index (κ1) is 22.7. The van der Waals surface area contributed by atoms with Gasteiger partial charge in [-0.2, -0.15) is 5.10 Å². The molecule has 1 unspecified atom stereocenters. The van der Waals surface area contributed by atoms with Crippen LogP contribution in [0.4, 0.5) is 10.1 Å². The fourth-order valence-electron chi connectivity index (χ4n) is 3.55. The lowest BCUT2D eigenvalue weighted by Crippen LogP contribution is -2.25. The van der Waals surface area contributed by atoms with Crippen LogP contribution in [0.1, 0.15) is 52.8 Å². The molecule has 0 radical (unpaired) electrons. The Kier molecular flexibility index (Phi) is 6.55. The van der Waals surface area contributed by atoms with Gasteiger partial charge in [-0.15, -0.1) is 11.3 Å². The van der Waals surface area contributed by atoms with Crippen LogP contribution >= 0.6 is 11.3 Å². The Morgan fingerprint density at radius 1 is 1.12 bits per heavy atom. The van der Waals surface area contributed by atoms with Crippen molar-refractivity contribution in [1.29, 1.82) is 0 Å². The quantitative estimate of drug-likeness (QED) is 0.383. The Balaban J connectivity index is 1.47. The van der Waals surface area contributed by atoms with Crippen molar-refractivity contribution in [2.24, 2.45) is 0 Å². The highest BCUT2D eigenvalue weighted by molar-refractivity contribution is 7.20. The molecule has 0 saturated carbocycles. The zero-order chi connectivity index (χ0) is 23.5. The molecule has 0 spiro atoms. The SMILES string of the molecule is CCC(=O)Nc1ccc(C(C)NC(=O)c2cc3c(C)nn(Cc4ccc(F)cc4)c3s2)cc1. The molecule has 2 heterocycles. The predicted octanol–water partition coefficient (Wildman–Crippen LogP) is 5.43. The van der Waals surface area contributed by atoms with E-state index in [1.807, 2.05) is 48.9 Å². The van der Waals surface area contributed by atoms with Gasteiger partial charge in [0.2, 0.25) is 5.91 Å². The minimum absolute atomic E-state index is 0.0397. The van der Waals surface area contributed by atoms with Gasteiger partial charge in [-0.3, -0.25) is 14.3 Å². The normalized spacial score (nSPS) is 12.0. The molecule has 0 fully saturated rings. The van der Waals surface area contributed by atoms with Crippen LogP contribution in [0.2, 0.25) is 0 Å². The second kappa shape index (κ2) is 9.54. The third-order valence-electron chi connectivity index (χ3n) is 5.44. The highest BCUT2D eigenvalue weighted by Gasteiger charge is 2.18. The summed E-state index contributed by atoms with van der Waals surface area (Å²) in [6.45, 7) is 6.15. The summed E-state index contributed by atoms with van der Waals surface area (Å²) in [6, 6.07) is 15.5. The van der Waals surface area contributed by atoms with Gasteiger partial charge in [-0.05, 0) is 55.3 Å². The van der Waals surface area contributed by atoms with Crippen molar-refractivity contribution in [3.63, 3.8) is 0 Å². The molecule has 0 aliphatic carbocycles. The lowest BCUT2D eigenvalue weighted by atomic mass is 10.1. The molecule has 2 aromatic carbocycles. The monoisotopic (exact) mass is 464 g/mol. The van der Waals surface area contributed by atoms with E-state index in [9.17, 15) is 14.0 Å². The van der Waals surface area contributed by atoms with E-state index >= 15 is 0 Å². The van der Waals surface area contributed by atoms with Crippen LogP contribution in [0, 0.1) is 12.7 Å². The van der Waals surface area contributed by atoms with E-state index in [-0.39, 0.29) is 23.7 Å². The van der Waals surface area contributed by atoms with E-state index in [4.69, 9.17) is 0 Å². The third kappa shape index (κ3) is 5.12. The van der Waals surface area contributed by atoms with Gasteiger partial charge < -0.3 is 10.6 Å². The van der Waals surface area contributed by atoms with E-state index in [1.165, 1.54) is 23.5 Å². The highest BCUT2D eigenvalue weighted by Crippen LogP contribution is 2.29. The van der Waals surface area contributed by atoms with Gasteiger partial charge in [0.15, 0.2) is 0 Å². The zero-order valence-corrected chi connectivity index (χ0v) is 19.5. The minimum Gasteiger partial charge on any atom is -0.345 e. The van der Waals surface area contributed by atoms with Crippen LogP contribution in [0.5, 0.6) is 0 Å². The van der Waals surface area contributed by atoms with Crippen molar-refractivity contribution < 1.29 is 14.0 Å². The molecule has 6 nitrogen and oxygen atoms in total. The fraction of sp³-hybridized carbons (Fsp3) is 0.240. The first-order valence-corrected chi connectivity index (χ1v) is 11.6. The fourth-order valence-corrected chi connectivity index (χ4v) is 4.61. The number of nitrogens with zero attached hydrogens (tertiary/aromatic N) is 2. The summed E-state index contributed by atoms with van der Waals surface area (Å²) < 4.78 is 15.1. The smallest absolute Gasteiger partial charge is 0.261 e. The Hall–Kier alpha value is -3.52. The summed E-state index contributed by atoms with van der Waals surface area (Å²) in [4.78, 5) is 26.0. The highest BCUT2D eigenvalue weighted by atomic mass is 32.1. The maximum atomic E-state index is 13.2. The molecule has 0 aliphatic rings. The topological polar surface area (TPSA) is 76.0 Å². The van der Waals surface area contributed by atoms with E-state index in [0.717, 1.165) is 32.7 Å². The molecular weight excluding hydrogens is 439 g/mol. The minimum atomic E-state index is -0.273. The Bertz CT molecular complexity index is 1290. The number of carbonyl (C=O) groups excluding carboxylic acids is 2. The number of carbonyl (C=O) groups is 2. The van der Waals surface area contributed by atoms with Crippen LogP contribution in [0.25, 0.3) is 10.2 Å². The van der Waals surface area contributed by atoms with E-state index in [2.05, 4.69) is 15.7 Å². The predicted molar refractivity (Wildman–Crippen MR) is 129 cm³/mol. The number of fused-ring (bicyclic) bond motifs is 1. The van der Waals surface area contributed by atoms with E-state index < -0.39 is 0 Å². The molecule has 8 heteroatoms. The van der Waals surface area contributed by atoms with Crippen molar-refractivity contribution in [3.05, 3.63) is 82.1 Å². The number of rotatable bonds is 7. The second-order valence-electron chi connectivity index (χ2n) is 7.92. The number of halogens is 1. The van der Waals surface area contributed by atoms with Crippen molar-refractivity contribution in [3.8, 4) is 0 Å². The average Bonchev–Trinajstić information content (AvgIpc) is 3.37. The van der Waals surface area contributed by atoms with E-state index in [0.29, 0.717) is 17.8 Å². The summed E-state index contributed by atoms with van der Waals surface area (Å²) >= 11 is 1.39. The molecule has 4 rings (SSSR count).